The van der Waals surface area contributed by atoms with Gasteiger partial charge in [0.25, 0.3) is 0 Å². The van der Waals surface area contributed by atoms with Gasteiger partial charge < -0.3 is 20.1 Å². The molecule has 1 saturated carbocycles. The first-order valence-corrected chi connectivity index (χ1v) is 9.36. The molecule has 0 bridgehead atoms. The summed E-state index contributed by atoms with van der Waals surface area (Å²) in [4.78, 5) is 15.0. The van der Waals surface area contributed by atoms with Gasteiger partial charge in [0.05, 0.1) is 11.5 Å². The third-order valence-electron chi connectivity index (χ3n) is 5.36. The second kappa shape index (κ2) is 8.06. The summed E-state index contributed by atoms with van der Waals surface area (Å²) in [5.41, 5.74) is -0.887. The molecule has 0 unspecified atom stereocenters. The highest BCUT2D eigenvalue weighted by atomic mass is 19.4. The summed E-state index contributed by atoms with van der Waals surface area (Å²) >= 11 is 0. The van der Waals surface area contributed by atoms with Gasteiger partial charge in [-0.05, 0) is 30.5 Å². The fourth-order valence-corrected chi connectivity index (χ4v) is 4.09. The van der Waals surface area contributed by atoms with Gasteiger partial charge in [0.15, 0.2) is 0 Å². The molecule has 1 aliphatic heterocycles. The van der Waals surface area contributed by atoms with Gasteiger partial charge in [0, 0.05) is 26.2 Å². The number of rotatable bonds is 4. The molecule has 1 saturated heterocycles. The first kappa shape index (κ1) is 19.9. The van der Waals surface area contributed by atoms with E-state index in [9.17, 15) is 23.1 Å². The minimum absolute atomic E-state index is 0.231. The van der Waals surface area contributed by atoms with E-state index < -0.39 is 17.9 Å². The number of halogens is 3. The fourth-order valence-electron chi connectivity index (χ4n) is 4.09. The Morgan fingerprint density at radius 1 is 1.19 bits per heavy atom. The third kappa shape index (κ3) is 4.93. The average molecular weight is 386 g/mol. The van der Waals surface area contributed by atoms with E-state index in [1.54, 1.807) is 11.0 Å². The van der Waals surface area contributed by atoms with Crippen LogP contribution in [-0.4, -0.2) is 54.1 Å². The molecule has 1 amide bonds. The summed E-state index contributed by atoms with van der Waals surface area (Å²) in [6, 6.07) is 5.46. The van der Waals surface area contributed by atoms with E-state index in [0.29, 0.717) is 44.6 Å². The largest absolute Gasteiger partial charge is 0.573 e. The average Bonchev–Trinajstić information content (AvgIpc) is 2.62. The number of carbonyl (C=O) groups excluding carboxylic acids is 1. The number of alkyl halides is 3. The second-order valence-corrected chi connectivity index (χ2v) is 7.29. The quantitative estimate of drug-likeness (QED) is 0.836. The molecule has 0 radical (unpaired) electrons. The molecular formula is C19H25F3N2O3. The first-order chi connectivity index (χ1) is 12.8. The Kier molecular flexibility index (Phi) is 5.95. The summed E-state index contributed by atoms with van der Waals surface area (Å²) in [7, 11) is 0. The van der Waals surface area contributed by atoms with Crippen LogP contribution in [0.5, 0.6) is 5.75 Å². The van der Waals surface area contributed by atoms with E-state index in [2.05, 4.69) is 10.1 Å². The zero-order valence-corrected chi connectivity index (χ0v) is 15.1. The normalized spacial score (nSPS) is 21.6. The molecule has 1 heterocycles. The van der Waals surface area contributed by atoms with E-state index in [-0.39, 0.29) is 11.7 Å². The van der Waals surface area contributed by atoms with Crippen LogP contribution >= 0.6 is 0 Å². The predicted octanol–water partition coefficient (Wildman–Crippen LogP) is 2.80. The maximum Gasteiger partial charge on any atom is 0.573 e. The number of hydrogen-bond acceptors (Lipinski definition) is 4. The lowest BCUT2D eigenvalue weighted by Crippen LogP contribution is -2.53. The van der Waals surface area contributed by atoms with Crippen molar-refractivity contribution in [3.05, 3.63) is 29.8 Å². The van der Waals surface area contributed by atoms with Gasteiger partial charge in [0.1, 0.15) is 5.75 Å². The van der Waals surface area contributed by atoms with Gasteiger partial charge >= 0.3 is 6.36 Å². The van der Waals surface area contributed by atoms with Crippen molar-refractivity contribution >= 4 is 5.91 Å². The number of amides is 1. The van der Waals surface area contributed by atoms with Crippen LogP contribution in [0.4, 0.5) is 13.2 Å². The highest BCUT2D eigenvalue weighted by Crippen LogP contribution is 2.42. The SMILES string of the molecule is O=C([C@H](c1cccc(OC(F)(F)F)c1)C1(O)CCCCC1)N1CCNCC1. The number of nitrogens with zero attached hydrogens (tertiary/aromatic N) is 1. The number of hydrogen-bond donors (Lipinski definition) is 2. The molecular weight excluding hydrogens is 361 g/mol. The lowest BCUT2D eigenvalue weighted by molar-refractivity contribution is -0.274. The first-order valence-electron chi connectivity index (χ1n) is 9.36. The molecule has 2 aliphatic rings. The summed E-state index contributed by atoms with van der Waals surface area (Å²) in [6.45, 7) is 2.36. The Hall–Kier alpha value is -1.80. The minimum Gasteiger partial charge on any atom is -0.406 e. The predicted molar refractivity (Wildman–Crippen MR) is 93.4 cm³/mol. The molecule has 0 aromatic heterocycles. The fraction of sp³-hybridized carbons (Fsp3) is 0.632. The Bertz CT molecular complexity index is 654. The highest BCUT2D eigenvalue weighted by molar-refractivity contribution is 5.85. The van der Waals surface area contributed by atoms with Crippen LogP contribution in [-0.2, 0) is 4.79 Å². The zero-order chi connectivity index (χ0) is 19.5. The smallest absolute Gasteiger partial charge is 0.406 e. The van der Waals surface area contributed by atoms with Crippen molar-refractivity contribution in [1.82, 2.24) is 10.2 Å². The van der Waals surface area contributed by atoms with Crippen LogP contribution in [0, 0.1) is 0 Å². The minimum atomic E-state index is -4.81. The van der Waals surface area contributed by atoms with Crippen molar-refractivity contribution in [3.8, 4) is 5.75 Å². The van der Waals surface area contributed by atoms with Crippen molar-refractivity contribution in [2.75, 3.05) is 26.2 Å². The molecule has 1 atom stereocenters. The molecule has 150 valence electrons. The Balaban J connectivity index is 1.94. The lowest BCUT2D eigenvalue weighted by Gasteiger charge is -2.41. The molecule has 5 nitrogen and oxygen atoms in total. The summed E-state index contributed by atoms with van der Waals surface area (Å²) in [5.74, 6) is -1.50. The summed E-state index contributed by atoms with van der Waals surface area (Å²) < 4.78 is 41.8. The van der Waals surface area contributed by atoms with Gasteiger partial charge in [-0.3, -0.25) is 4.79 Å². The van der Waals surface area contributed by atoms with Gasteiger partial charge in [-0.15, -0.1) is 13.2 Å². The van der Waals surface area contributed by atoms with Crippen molar-refractivity contribution in [2.24, 2.45) is 0 Å². The summed E-state index contributed by atoms with van der Waals surface area (Å²) in [5, 5.41) is 14.5. The van der Waals surface area contributed by atoms with Crippen molar-refractivity contribution in [2.45, 2.75) is 50.0 Å². The van der Waals surface area contributed by atoms with Crippen LogP contribution in [0.3, 0.4) is 0 Å². The number of ether oxygens (including phenoxy) is 1. The molecule has 1 aromatic rings. The van der Waals surface area contributed by atoms with Crippen LogP contribution in [0.1, 0.15) is 43.6 Å². The molecule has 3 rings (SSSR count). The monoisotopic (exact) mass is 386 g/mol. The molecule has 1 aromatic carbocycles. The van der Waals surface area contributed by atoms with E-state index in [1.807, 2.05) is 0 Å². The van der Waals surface area contributed by atoms with Crippen LogP contribution in [0.25, 0.3) is 0 Å². The number of nitrogens with one attached hydrogen (secondary N) is 1. The van der Waals surface area contributed by atoms with Crippen LogP contribution in [0.2, 0.25) is 0 Å². The molecule has 27 heavy (non-hydrogen) atoms. The molecule has 1 aliphatic carbocycles. The number of benzene rings is 1. The zero-order valence-electron chi connectivity index (χ0n) is 15.1. The van der Waals surface area contributed by atoms with Gasteiger partial charge in [-0.1, -0.05) is 31.4 Å². The maximum absolute atomic E-state index is 13.3. The molecule has 2 N–H and O–H groups in total. The van der Waals surface area contributed by atoms with Crippen LogP contribution < -0.4 is 10.1 Å². The Morgan fingerprint density at radius 3 is 2.48 bits per heavy atom. The molecule has 8 heteroatoms. The second-order valence-electron chi connectivity index (χ2n) is 7.29. The van der Waals surface area contributed by atoms with Gasteiger partial charge in [-0.25, -0.2) is 0 Å². The maximum atomic E-state index is 13.3. The number of aliphatic hydroxyl groups is 1. The molecule has 0 spiro atoms. The number of carbonyl (C=O) groups is 1. The topological polar surface area (TPSA) is 61.8 Å². The van der Waals surface area contributed by atoms with Gasteiger partial charge in [0.2, 0.25) is 5.91 Å². The Morgan fingerprint density at radius 2 is 1.85 bits per heavy atom. The van der Waals surface area contributed by atoms with E-state index in [1.165, 1.54) is 18.2 Å². The highest BCUT2D eigenvalue weighted by Gasteiger charge is 2.45. The van der Waals surface area contributed by atoms with Crippen molar-refractivity contribution in [1.29, 1.82) is 0 Å². The van der Waals surface area contributed by atoms with Crippen molar-refractivity contribution in [3.63, 3.8) is 0 Å². The van der Waals surface area contributed by atoms with Crippen molar-refractivity contribution < 1.29 is 27.8 Å². The number of piperazine rings is 1. The third-order valence-corrected chi connectivity index (χ3v) is 5.36. The molecule has 2 fully saturated rings. The standard InChI is InChI=1S/C19H25F3N2O3/c20-19(21,22)27-15-6-4-5-14(13-15)16(18(26)7-2-1-3-8-18)17(25)24-11-9-23-10-12-24/h4-6,13,16,23,26H,1-3,7-12H2/t16-/m0/s1. The Labute approximate surface area is 156 Å². The lowest BCUT2D eigenvalue weighted by atomic mass is 9.72. The van der Waals surface area contributed by atoms with Gasteiger partial charge in [-0.2, -0.15) is 0 Å². The van der Waals surface area contributed by atoms with E-state index in [0.717, 1.165) is 19.3 Å². The summed E-state index contributed by atoms with van der Waals surface area (Å²) in [6.07, 6.45) is -1.33. The van der Waals surface area contributed by atoms with E-state index >= 15 is 0 Å². The van der Waals surface area contributed by atoms with E-state index in [4.69, 9.17) is 0 Å². The van der Waals surface area contributed by atoms with Crippen LogP contribution in [0.15, 0.2) is 24.3 Å².